The summed E-state index contributed by atoms with van der Waals surface area (Å²) in [7, 11) is 0. The van der Waals surface area contributed by atoms with E-state index in [0.717, 1.165) is 22.2 Å². The first kappa shape index (κ1) is 15.8. The van der Waals surface area contributed by atoms with Crippen LogP contribution in [0.15, 0.2) is 52.5 Å². The zero-order chi connectivity index (χ0) is 16.2. The van der Waals surface area contributed by atoms with Crippen LogP contribution in [0.3, 0.4) is 0 Å². The van der Waals surface area contributed by atoms with Gasteiger partial charge in [0.05, 0.1) is 5.57 Å². The molecule has 0 atom stereocenters. The van der Waals surface area contributed by atoms with E-state index >= 15 is 0 Å². The number of hydrogen-bond donors (Lipinski definition) is 1. The Bertz CT molecular complexity index is 750. The Morgan fingerprint density at radius 2 is 2.00 bits per heavy atom. The van der Waals surface area contributed by atoms with Gasteiger partial charge in [-0.15, -0.1) is 0 Å². The number of amides is 1. The smallest absolute Gasteiger partial charge is 0.250 e. The summed E-state index contributed by atoms with van der Waals surface area (Å²) in [5.41, 5.74) is 4.04. The van der Waals surface area contributed by atoms with Gasteiger partial charge in [-0.3, -0.25) is 4.79 Å². The molecule has 0 saturated heterocycles. The molecule has 0 bridgehead atoms. The van der Waals surface area contributed by atoms with E-state index in [9.17, 15) is 4.79 Å². The number of aryl methyl sites for hydroxylation is 1. The maximum atomic E-state index is 12.3. The molecular formula is C19H18BrNO2. The number of hydrogen-bond acceptors (Lipinski definition) is 2. The molecular weight excluding hydrogens is 354 g/mol. The van der Waals surface area contributed by atoms with Crippen LogP contribution in [-0.2, 0) is 11.2 Å². The lowest BCUT2D eigenvalue weighted by Crippen LogP contribution is -2.30. The maximum Gasteiger partial charge on any atom is 0.250 e. The standard InChI is InChI=1S/C19H18BrNO2/c1-13-2-4-14(5-3-13)8-9-21-19(22)16-10-15-11-17(20)6-7-18(15)23-12-16/h2-7,10-11H,8-9,12H2,1H3,(H,21,22). The topological polar surface area (TPSA) is 38.3 Å². The Labute approximate surface area is 144 Å². The highest BCUT2D eigenvalue weighted by Crippen LogP contribution is 2.29. The van der Waals surface area contributed by atoms with Gasteiger partial charge in [-0.1, -0.05) is 45.8 Å². The van der Waals surface area contributed by atoms with Gasteiger partial charge in [-0.05, 0) is 43.2 Å². The molecule has 3 nitrogen and oxygen atoms in total. The third-order valence-electron chi connectivity index (χ3n) is 3.80. The highest BCUT2D eigenvalue weighted by Gasteiger charge is 2.17. The van der Waals surface area contributed by atoms with Gasteiger partial charge in [0, 0.05) is 16.6 Å². The summed E-state index contributed by atoms with van der Waals surface area (Å²) in [6, 6.07) is 14.2. The van der Waals surface area contributed by atoms with Gasteiger partial charge in [0.25, 0.3) is 5.91 Å². The SMILES string of the molecule is Cc1ccc(CCNC(=O)C2=Cc3cc(Br)ccc3OC2)cc1. The zero-order valence-corrected chi connectivity index (χ0v) is 14.5. The van der Waals surface area contributed by atoms with Crippen molar-refractivity contribution in [3.05, 3.63) is 69.2 Å². The normalized spacial score (nSPS) is 12.9. The highest BCUT2D eigenvalue weighted by molar-refractivity contribution is 9.10. The van der Waals surface area contributed by atoms with Crippen molar-refractivity contribution in [2.24, 2.45) is 0 Å². The van der Waals surface area contributed by atoms with Crippen molar-refractivity contribution >= 4 is 27.9 Å². The minimum absolute atomic E-state index is 0.0669. The quantitative estimate of drug-likeness (QED) is 0.884. The van der Waals surface area contributed by atoms with E-state index in [1.54, 1.807) is 0 Å². The number of carbonyl (C=O) groups excluding carboxylic acids is 1. The van der Waals surface area contributed by atoms with Crippen molar-refractivity contribution in [3.63, 3.8) is 0 Å². The van der Waals surface area contributed by atoms with Crippen LogP contribution >= 0.6 is 15.9 Å². The molecule has 0 saturated carbocycles. The minimum Gasteiger partial charge on any atom is -0.488 e. The molecule has 0 radical (unpaired) electrons. The van der Waals surface area contributed by atoms with Crippen LogP contribution in [0.1, 0.15) is 16.7 Å². The molecule has 1 N–H and O–H groups in total. The second-order valence-corrected chi connectivity index (χ2v) is 6.55. The molecule has 1 heterocycles. The monoisotopic (exact) mass is 371 g/mol. The Balaban J connectivity index is 1.59. The van der Waals surface area contributed by atoms with Crippen LogP contribution in [0, 0.1) is 6.92 Å². The molecule has 0 unspecified atom stereocenters. The maximum absolute atomic E-state index is 12.3. The van der Waals surface area contributed by atoms with Gasteiger partial charge in [0.1, 0.15) is 12.4 Å². The number of rotatable bonds is 4. The largest absolute Gasteiger partial charge is 0.488 e. The number of fused-ring (bicyclic) bond motifs is 1. The summed E-state index contributed by atoms with van der Waals surface area (Å²) >= 11 is 3.43. The van der Waals surface area contributed by atoms with E-state index in [1.807, 2.05) is 24.3 Å². The number of benzene rings is 2. The first-order chi connectivity index (χ1) is 11.1. The van der Waals surface area contributed by atoms with Gasteiger partial charge in [0.2, 0.25) is 0 Å². The molecule has 1 aliphatic heterocycles. The van der Waals surface area contributed by atoms with E-state index in [-0.39, 0.29) is 5.91 Å². The number of halogens is 1. The van der Waals surface area contributed by atoms with Crippen LogP contribution in [0.4, 0.5) is 0 Å². The summed E-state index contributed by atoms with van der Waals surface area (Å²) in [6.07, 6.45) is 2.72. The molecule has 0 aromatic heterocycles. The Hall–Kier alpha value is -2.07. The molecule has 3 rings (SSSR count). The average Bonchev–Trinajstić information content (AvgIpc) is 2.56. The number of carbonyl (C=O) groups is 1. The van der Waals surface area contributed by atoms with Crippen molar-refractivity contribution in [3.8, 4) is 5.75 Å². The molecule has 0 spiro atoms. The second-order valence-electron chi connectivity index (χ2n) is 5.63. The summed E-state index contributed by atoms with van der Waals surface area (Å²) in [6.45, 7) is 2.99. The summed E-state index contributed by atoms with van der Waals surface area (Å²) in [5.74, 6) is 0.743. The second kappa shape index (κ2) is 7.01. The molecule has 118 valence electrons. The fraction of sp³-hybridized carbons (Fsp3) is 0.211. The van der Waals surface area contributed by atoms with E-state index in [2.05, 4.69) is 52.4 Å². The number of nitrogens with one attached hydrogen (secondary N) is 1. The lowest BCUT2D eigenvalue weighted by molar-refractivity contribution is -0.117. The molecule has 23 heavy (non-hydrogen) atoms. The Kier molecular flexibility index (Phi) is 4.82. The van der Waals surface area contributed by atoms with Gasteiger partial charge in [-0.25, -0.2) is 0 Å². The van der Waals surface area contributed by atoms with Crippen LogP contribution in [0.5, 0.6) is 5.75 Å². The molecule has 0 aliphatic carbocycles. The molecule has 2 aromatic carbocycles. The highest BCUT2D eigenvalue weighted by atomic mass is 79.9. The van der Waals surface area contributed by atoms with Gasteiger partial charge < -0.3 is 10.1 Å². The lowest BCUT2D eigenvalue weighted by Gasteiger charge is -2.18. The lowest BCUT2D eigenvalue weighted by atomic mass is 10.1. The summed E-state index contributed by atoms with van der Waals surface area (Å²) in [4.78, 5) is 12.3. The summed E-state index contributed by atoms with van der Waals surface area (Å²) < 4.78 is 6.61. The minimum atomic E-state index is -0.0669. The van der Waals surface area contributed by atoms with E-state index in [0.29, 0.717) is 18.7 Å². The third-order valence-corrected chi connectivity index (χ3v) is 4.29. The average molecular weight is 372 g/mol. The van der Waals surface area contributed by atoms with Crippen LogP contribution in [-0.4, -0.2) is 19.1 Å². The molecule has 0 fully saturated rings. The molecule has 2 aromatic rings. The molecule has 1 aliphatic rings. The van der Waals surface area contributed by atoms with Crippen molar-refractivity contribution in [1.82, 2.24) is 5.32 Å². The Morgan fingerprint density at radius 3 is 2.78 bits per heavy atom. The Morgan fingerprint density at radius 1 is 1.22 bits per heavy atom. The predicted octanol–water partition coefficient (Wildman–Crippen LogP) is 3.89. The fourth-order valence-electron chi connectivity index (χ4n) is 2.47. The third kappa shape index (κ3) is 4.02. The van der Waals surface area contributed by atoms with E-state index in [4.69, 9.17) is 4.74 Å². The van der Waals surface area contributed by atoms with Crippen LogP contribution < -0.4 is 10.1 Å². The van der Waals surface area contributed by atoms with Gasteiger partial charge >= 0.3 is 0 Å². The first-order valence-corrected chi connectivity index (χ1v) is 8.38. The van der Waals surface area contributed by atoms with E-state index < -0.39 is 0 Å². The van der Waals surface area contributed by atoms with E-state index in [1.165, 1.54) is 11.1 Å². The summed E-state index contributed by atoms with van der Waals surface area (Å²) in [5, 5.41) is 2.96. The van der Waals surface area contributed by atoms with Crippen LogP contribution in [0.25, 0.3) is 6.08 Å². The molecule has 1 amide bonds. The van der Waals surface area contributed by atoms with Crippen molar-refractivity contribution in [2.45, 2.75) is 13.3 Å². The first-order valence-electron chi connectivity index (χ1n) is 7.58. The number of ether oxygens (including phenoxy) is 1. The van der Waals surface area contributed by atoms with Gasteiger partial charge in [-0.2, -0.15) is 0 Å². The molecule has 4 heteroatoms. The van der Waals surface area contributed by atoms with Crippen molar-refractivity contribution in [1.29, 1.82) is 0 Å². The zero-order valence-electron chi connectivity index (χ0n) is 12.9. The fourth-order valence-corrected chi connectivity index (χ4v) is 2.85. The predicted molar refractivity (Wildman–Crippen MR) is 95.5 cm³/mol. The van der Waals surface area contributed by atoms with Crippen molar-refractivity contribution < 1.29 is 9.53 Å². The van der Waals surface area contributed by atoms with Crippen LogP contribution in [0.2, 0.25) is 0 Å². The van der Waals surface area contributed by atoms with Crippen molar-refractivity contribution in [2.75, 3.05) is 13.2 Å². The van der Waals surface area contributed by atoms with Gasteiger partial charge in [0.15, 0.2) is 0 Å².